The molecule has 0 radical (unpaired) electrons. The largest absolute Gasteiger partial charge is 0.493 e. The lowest BCUT2D eigenvalue weighted by molar-refractivity contribution is -0.138. The topological polar surface area (TPSA) is 80.3 Å². The lowest BCUT2D eigenvalue weighted by Crippen LogP contribution is -2.30. The van der Waals surface area contributed by atoms with Crippen LogP contribution in [0, 0.1) is 5.92 Å². The molecular formula is C17H26N2O5. The molecule has 0 spiro atoms. The fraction of sp³-hybridized carbons (Fsp3) is 0.588. The van der Waals surface area contributed by atoms with Gasteiger partial charge in [-0.1, -0.05) is 6.07 Å². The van der Waals surface area contributed by atoms with E-state index >= 15 is 0 Å². The number of nitrogens with zero attached hydrogens (tertiary/aromatic N) is 1. The van der Waals surface area contributed by atoms with Crippen LogP contribution in [0.1, 0.15) is 12.0 Å². The van der Waals surface area contributed by atoms with E-state index in [0.717, 1.165) is 31.7 Å². The Kier molecular flexibility index (Phi) is 6.69. The molecule has 0 saturated carbocycles. The molecule has 1 atom stereocenters. The number of methoxy groups -OCH3 is 3. The Labute approximate surface area is 142 Å². The lowest BCUT2D eigenvalue weighted by atomic mass is 10.0. The van der Waals surface area contributed by atoms with Crippen molar-refractivity contribution >= 4 is 5.97 Å². The van der Waals surface area contributed by atoms with E-state index in [9.17, 15) is 4.79 Å². The first-order valence-corrected chi connectivity index (χ1v) is 8.01. The number of hydrogen-bond acceptors (Lipinski definition) is 6. The van der Waals surface area contributed by atoms with Gasteiger partial charge >= 0.3 is 5.97 Å². The average molecular weight is 338 g/mol. The summed E-state index contributed by atoms with van der Waals surface area (Å²) in [4.78, 5) is 13.2. The lowest BCUT2D eigenvalue weighted by Gasteiger charge is -2.24. The van der Waals surface area contributed by atoms with Crippen molar-refractivity contribution in [3.63, 3.8) is 0 Å². The third kappa shape index (κ3) is 4.52. The summed E-state index contributed by atoms with van der Waals surface area (Å²) in [5.41, 5.74) is 0.992. The first kappa shape index (κ1) is 18.4. The summed E-state index contributed by atoms with van der Waals surface area (Å²) in [7, 11) is 4.79. The number of nitrogens with one attached hydrogen (secondary N) is 1. The Morgan fingerprint density at radius 1 is 1.25 bits per heavy atom. The average Bonchev–Trinajstić information content (AvgIpc) is 2.78. The second kappa shape index (κ2) is 8.75. The zero-order chi connectivity index (χ0) is 17.5. The van der Waals surface area contributed by atoms with Crippen LogP contribution in [0.2, 0.25) is 0 Å². The zero-order valence-corrected chi connectivity index (χ0v) is 14.5. The molecule has 1 fully saturated rings. The van der Waals surface area contributed by atoms with Crippen molar-refractivity contribution in [1.29, 1.82) is 0 Å². The molecule has 1 aliphatic rings. The molecular weight excluding hydrogens is 312 g/mol. The SMILES string of the molecule is COc1ccc(CN2CCNC[C@@H](CC(=O)O)C2)c(OC)c1OC. The first-order valence-electron chi connectivity index (χ1n) is 8.01. The Morgan fingerprint density at radius 2 is 2.00 bits per heavy atom. The van der Waals surface area contributed by atoms with E-state index in [1.165, 1.54) is 0 Å². The number of carbonyl (C=O) groups is 1. The summed E-state index contributed by atoms with van der Waals surface area (Å²) < 4.78 is 16.3. The maximum Gasteiger partial charge on any atom is 0.303 e. The van der Waals surface area contributed by atoms with Crippen molar-refractivity contribution in [2.24, 2.45) is 5.92 Å². The molecule has 0 aliphatic carbocycles. The molecule has 1 saturated heterocycles. The molecule has 0 unspecified atom stereocenters. The molecule has 1 heterocycles. The van der Waals surface area contributed by atoms with Crippen molar-refractivity contribution in [2.45, 2.75) is 13.0 Å². The minimum Gasteiger partial charge on any atom is -0.493 e. The number of carboxylic acid groups (broad SMARTS) is 1. The Hall–Kier alpha value is -1.99. The van der Waals surface area contributed by atoms with Crippen LogP contribution in [0.5, 0.6) is 17.2 Å². The van der Waals surface area contributed by atoms with E-state index in [0.29, 0.717) is 23.8 Å². The molecule has 1 aromatic carbocycles. The van der Waals surface area contributed by atoms with Crippen LogP contribution >= 0.6 is 0 Å². The molecule has 0 amide bonds. The summed E-state index contributed by atoms with van der Waals surface area (Å²) in [5.74, 6) is 1.19. The van der Waals surface area contributed by atoms with Gasteiger partial charge in [-0.05, 0) is 18.5 Å². The normalized spacial score (nSPS) is 18.7. The van der Waals surface area contributed by atoms with E-state index in [4.69, 9.17) is 19.3 Å². The number of carboxylic acids is 1. The molecule has 24 heavy (non-hydrogen) atoms. The number of aliphatic carboxylic acids is 1. The monoisotopic (exact) mass is 338 g/mol. The molecule has 7 nitrogen and oxygen atoms in total. The van der Waals surface area contributed by atoms with Crippen LogP contribution in [0.25, 0.3) is 0 Å². The zero-order valence-electron chi connectivity index (χ0n) is 14.5. The van der Waals surface area contributed by atoms with Crippen molar-refractivity contribution in [3.05, 3.63) is 17.7 Å². The van der Waals surface area contributed by atoms with Crippen LogP contribution in [0.15, 0.2) is 12.1 Å². The maximum absolute atomic E-state index is 11.0. The van der Waals surface area contributed by atoms with Gasteiger partial charge in [0.1, 0.15) is 0 Å². The second-order valence-electron chi connectivity index (χ2n) is 5.90. The number of benzene rings is 1. The Morgan fingerprint density at radius 3 is 2.62 bits per heavy atom. The van der Waals surface area contributed by atoms with Crippen molar-refractivity contribution in [2.75, 3.05) is 47.5 Å². The van der Waals surface area contributed by atoms with Crippen LogP contribution in [-0.2, 0) is 11.3 Å². The first-order chi connectivity index (χ1) is 11.6. The van der Waals surface area contributed by atoms with Gasteiger partial charge < -0.3 is 24.6 Å². The van der Waals surface area contributed by atoms with Crippen molar-refractivity contribution < 1.29 is 24.1 Å². The van der Waals surface area contributed by atoms with Gasteiger partial charge in [0.25, 0.3) is 0 Å². The van der Waals surface area contributed by atoms with Gasteiger partial charge in [-0.3, -0.25) is 9.69 Å². The molecule has 7 heteroatoms. The van der Waals surface area contributed by atoms with Gasteiger partial charge in [0, 0.05) is 31.7 Å². The summed E-state index contributed by atoms with van der Waals surface area (Å²) >= 11 is 0. The Bertz CT molecular complexity index is 564. The molecule has 134 valence electrons. The number of hydrogen-bond donors (Lipinski definition) is 2. The molecule has 0 bridgehead atoms. The highest BCUT2D eigenvalue weighted by Crippen LogP contribution is 2.40. The highest BCUT2D eigenvalue weighted by Gasteiger charge is 2.23. The van der Waals surface area contributed by atoms with Crippen molar-refractivity contribution in [1.82, 2.24) is 10.2 Å². The summed E-state index contributed by atoms with van der Waals surface area (Å²) in [6.07, 6.45) is 0.173. The quantitative estimate of drug-likeness (QED) is 0.773. The number of rotatable bonds is 7. The van der Waals surface area contributed by atoms with Crippen LogP contribution in [0.3, 0.4) is 0 Å². The predicted octanol–water partition coefficient (Wildman–Crippen LogP) is 1.21. The minimum absolute atomic E-state index is 0.0936. The summed E-state index contributed by atoms with van der Waals surface area (Å²) in [6, 6.07) is 3.83. The standard InChI is InChI=1S/C17H26N2O5/c1-22-14-5-4-13(16(23-2)17(14)24-3)11-19-7-6-18-9-12(10-19)8-15(20)21/h4-5,12,18H,6-11H2,1-3H3,(H,20,21)/t12-/m1/s1. The smallest absolute Gasteiger partial charge is 0.303 e. The van der Waals surface area contributed by atoms with E-state index in [1.807, 2.05) is 12.1 Å². The molecule has 0 aromatic heterocycles. The summed E-state index contributed by atoms with van der Waals surface area (Å²) in [5, 5.41) is 12.4. The van der Waals surface area contributed by atoms with E-state index < -0.39 is 5.97 Å². The van der Waals surface area contributed by atoms with E-state index in [2.05, 4.69) is 10.2 Å². The highest BCUT2D eigenvalue weighted by atomic mass is 16.5. The van der Waals surface area contributed by atoms with Crippen LogP contribution in [-0.4, -0.2) is 63.5 Å². The molecule has 1 aliphatic heterocycles. The fourth-order valence-corrected chi connectivity index (χ4v) is 3.12. The predicted molar refractivity (Wildman–Crippen MR) is 90.0 cm³/mol. The third-order valence-corrected chi connectivity index (χ3v) is 4.20. The molecule has 2 rings (SSSR count). The van der Waals surface area contributed by atoms with Gasteiger partial charge in [-0.25, -0.2) is 0 Å². The fourth-order valence-electron chi connectivity index (χ4n) is 3.12. The highest BCUT2D eigenvalue weighted by molar-refractivity contribution is 5.67. The van der Waals surface area contributed by atoms with Crippen LogP contribution in [0.4, 0.5) is 0 Å². The Balaban J connectivity index is 2.18. The van der Waals surface area contributed by atoms with Gasteiger partial charge in [-0.15, -0.1) is 0 Å². The van der Waals surface area contributed by atoms with Gasteiger partial charge in [0.15, 0.2) is 11.5 Å². The minimum atomic E-state index is -0.757. The number of ether oxygens (including phenoxy) is 3. The molecule has 2 N–H and O–H groups in total. The van der Waals surface area contributed by atoms with Gasteiger partial charge in [0.05, 0.1) is 27.8 Å². The molecule has 1 aromatic rings. The van der Waals surface area contributed by atoms with Gasteiger partial charge in [0.2, 0.25) is 5.75 Å². The van der Waals surface area contributed by atoms with Crippen LogP contribution < -0.4 is 19.5 Å². The summed E-state index contributed by atoms with van der Waals surface area (Å²) in [6.45, 7) is 3.82. The third-order valence-electron chi connectivity index (χ3n) is 4.20. The van der Waals surface area contributed by atoms with Gasteiger partial charge in [-0.2, -0.15) is 0 Å². The van der Waals surface area contributed by atoms with Crippen molar-refractivity contribution in [3.8, 4) is 17.2 Å². The maximum atomic E-state index is 11.0. The van der Waals surface area contributed by atoms with E-state index in [-0.39, 0.29) is 12.3 Å². The second-order valence-corrected chi connectivity index (χ2v) is 5.90. The van der Waals surface area contributed by atoms with E-state index in [1.54, 1.807) is 21.3 Å².